The van der Waals surface area contributed by atoms with Crippen molar-refractivity contribution in [2.24, 2.45) is 0 Å². The molecule has 0 aromatic heterocycles. The summed E-state index contributed by atoms with van der Waals surface area (Å²) in [6, 6.07) is 0. The molecule has 0 aromatic rings. The molecule has 0 aliphatic carbocycles. The fourth-order valence-corrected chi connectivity index (χ4v) is 0.106. The first-order valence-electron chi connectivity index (χ1n) is 2.52. The van der Waals surface area contributed by atoms with Gasteiger partial charge in [0.15, 0.2) is 0 Å². The number of hydrogen-bond donors (Lipinski definition) is 2. The quantitative estimate of drug-likeness (QED) is 0.312. The second-order valence-corrected chi connectivity index (χ2v) is 1.53. The average Bonchev–Trinajstić information content (AvgIpc) is 1.81. The predicted molar refractivity (Wildman–Crippen MR) is 30.4 cm³/mol. The predicted octanol–water partition coefficient (Wildman–Crippen LogP) is -2.20. The van der Waals surface area contributed by atoms with E-state index in [1.165, 1.54) is 0 Å². The van der Waals surface area contributed by atoms with Crippen LogP contribution in [-0.2, 0) is 9.59 Å². The number of aliphatic carboxylic acids is 2. The summed E-state index contributed by atoms with van der Waals surface area (Å²) in [5.41, 5.74) is 0. The van der Waals surface area contributed by atoms with Crippen molar-refractivity contribution in [3.63, 3.8) is 0 Å². The van der Waals surface area contributed by atoms with Crippen molar-refractivity contribution < 1.29 is 60.3 Å². The first-order chi connectivity index (χ1) is 5.55. The standard InChI is InChI=1S/C3H3FO4.BF4.Li/c4-1(2(5)6)3(7)8;2-1(3,4)5;/h1H,(H,5,6)(H,7,8);;/q;-1;+1. The Kier molecular flexibility index (Phi) is 10.3. The van der Waals surface area contributed by atoms with Crippen molar-refractivity contribution in [3.8, 4) is 0 Å². The van der Waals surface area contributed by atoms with Crippen molar-refractivity contribution in [1.82, 2.24) is 0 Å². The summed E-state index contributed by atoms with van der Waals surface area (Å²) >= 11 is 0. The molecular formula is C3H3BF5LiO4. The summed E-state index contributed by atoms with van der Waals surface area (Å²) in [4.78, 5) is 18.8. The van der Waals surface area contributed by atoms with Crippen LogP contribution in [0.15, 0.2) is 0 Å². The molecule has 0 bridgehead atoms. The minimum Gasteiger partial charge on any atom is -0.479 e. The first-order valence-corrected chi connectivity index (χ1v) is 2.52. The van der Waals surface area contributed by atoms with Gasteiger partial charge in [0.05, 0.1) is 0 Å². The van der Waals surface area contributed by atoms with E-state index in [1.54, 1.807) is 0 Å². The van der Waals surface area contributed by atoms with Crippen LogP contribution in [-0.4, -0.2) is 35.6 Å². The van der Waals surface area contributed by atoms with Gasteiger partial charge in [-0.3, -0.25) is 0 Å². The monoisotopic (exact) mass is 216 g/mol. The molecule has 0 aliphatic rings. The Bertz CT molecular complexity index is 176. The van der Waals surface area contributed by atoms with Gasteiger partial charge in [0.1, 0.15) is 0 Å². The molecule has 0 amide bonds. The van der Waals surface area contributed by atoms with Crippen LogP contribution in [0.2, 0.25) is 0 Å². The van der Waals surface area contributed by atoms with Crippen LogP contribution < -0.4 is 18.9 Å². The van der Waals surface area contributed by atoms with Crippen LogP contribution in [0.3, 0.4) is 0 Å². The van der Waals surface area contributed by atoms with Crippen molar-refractivity contribution in [2.45, 2.75) is 6.17 Å². The zero-order valence-electron chi connectivity index (χ0n) is 6.76. The molecule has 4 nitrogen and oxygen atoms in total. The maximum absolute atomic E-state index is 11.4. The van der Waals surface area contributed by atoms with Gasteiger partial charge in [-0.2, -0.15) is 0 Å². The number of carboxylic acids is 2. The zero-order valence-corrected chi connectivity index (χ0v) is 6.76. The van der Waals surface area contributed by atoms with Gasteiger partial charge in [-0.05, 0) is 0 Å². The summed E-state index contributed by atoms with van der Waals surface area (Å²) in [7, 11) is -6.00. The summed E-state index contributed by atoms with van der Waals surface area (Å²) in [6.45, 7) is 0. The van der Waals surface area contributed by atoms with Crippen molar-refractivity contribution in [3.05, 3.63) is 0 Å². The van der Waals surface area contributed by atoms with Crippen LogP contribution >= 0.6 is 0 Å². The molecule has 0 spiro atoms. The van der Waals surface area contributed by atoms with E-state index in [0.29, 0.717) is 0 Å². The molecular weight excluding hydrogens is 213 g/mol. The second kappa shape index (κ2) is 7.64. The third-order valence-electron chi connectivity index (χ3n) is 0.434. The van der Waals surface area contributed by atoms with Gasteiger partial charge in [-0.15, -0.1) is 0 Å². The van der Waals surface area contributed by atoms with Gasteiger partial charge in [-0.25, -0.2) is 14.0 Å². The molecule has 0 fully saturated rings. The summed E-state index contributed by atoms with van der Waals surface area (Å²) in [5, 5.41) is 15.2. The fourth-order valence-electron chi connectivity index (χ4n) is 0.106. The van der Waals surface area contributed by atoms with Gasteiger partial charge >= 0.3 is 38.1 Å². The van der Waals surface area contributed by atoms with Crippen LogP contribution in [0.4, 0.5) is 21.7 Å². The minimum atomic E-state index is -6.00. The Balaban J connectivity index is -0.000000177. The van der Waals surface area contributed by atoms with Crippen molar-refractivity contribution >= 4 is 19.2 Å². The van der Waals surface area contributed by atoms with Crippen molar-refractivity contribution in [1.29, 1.82) is 0 Å². The Morgan fingerprint density at radius 2 is 1.14 bits per heavy atom. The Morgan fingerprint density at radius 1 is 1.00 bits per heavy atom. The van der Waals surface area contributed by atoms with E-state index in [-0.39, 0.29) is 18.9 Å². The molecule has 2 N–H and O–H groups in total. The number of alkyl halides is 1. The van der Waals surface area contributed by atoms with Gasteiger partial charge in [0.2, 0.25) is 0 Å². The molecule has 0 aliphatic heterocycles. The molecule has 0 atom stereocenters. The number of carbonyl (C=O) groups is 2. The molecule has 0 rings (SSSR count). The first kappa shape index (κ1) is 18.9. The molecule has 0 aromatic carbocycles. The van der Waals surface area contributed by atoms with E-state index in [4.69, 9.17) is 10.2 Å². The fraction of sp³-hybridized carbons (Fsp3) is 0.333. The molecule has 11 heteroatoms. The average molecular weight is 216 g/mol. The zero-order chi connectivity index (χ0) is 11.2. The number of hydrogen-bond acceptors (Lipinski definition) is 2. The Morgan fingerprint density at radius 3 is 1.14 bits per heavy atom. The van der Waals surface area contributed by atoms with Gasteiger partial charge in [0.25, 0.3) is 6.17 Å². The Hall–Kier alpha value is -0.748. The van der Waals surface area contributed by atoms with E-state index >= 15 is 0 Å². The van der Waals surface area contributed by atoms with Gasteiger partial charge in [-0.1, -0.05) is 0 Å². The van der Waals surface area contributed by atoms with Crippen molar-refractivity contribution in [2.75, 3.05) is 0 Å². The number of rotatable bonds is 2. The maximum atomic E-state index is 11.4. The topological polar surface area (TPSA) is 74.6 Å². The van der Waals surface area contributed by atoms with E-state index in [1.807, 2.05) is 0 Å². The number of carboxylic acid groups (broad SMARTS) is 2. The molecule has 0 radical (unpaired) electrons. The summed E-state index contributed by atoms with van der Waals surface area (Å²) in [5.74, 6) is -3.95. The minimum absolute atomic E-state index is 0. The van der Waals surface area contributed by atoms with E-state index in [2.05, 4.69) is 0 Å². The normalized spacial score (nSPS) is 9.57. The maximum Gasteiger partial charge on any atom is 1.00 e. The summed E-state index contributed by atoms with van der Waals surface area (Å²) in [6.07, 6.45) is -2.80. The third-order valence-corrected chi connectivity index (χ3v) is 0.434. The molecule has 0 heterocycles. The molecule has 0 saturated heterocycles. The SMILES string of the molecule is F[B-](F)(F)F.O=C(O)C(F)C(=O)O.[Li+]. The smallest absolute Gasteiger partial charge is 0.479 e. The van der Waals surface area contributed by atoms with E-state index < -0.39 is 25.4 Å². The van der Waals surface area contributed by atoms with Gasteiger partial charge in [0, 0.05) is 0 Å². The molecule has 0 saturated carbocycles. The Labute approximate surface area is 86.4 Å². The van der Waals surface area contributed by atoms with Crippen LogP contribution in [0.1, 0.15) is 0 Å². The summed E-state index contributed by atoms with van der Waals surface area (Å²) < 4.78 is 50.4. The van der Waals surface area contributed by atoms with Crippen LogP contribution in [0, 0.1) is 0 Å². The molecule has 78 valence electrons. The van der Waals surface area contributed by atoms with Gasteiger partial charge < -0.3 is 27.5 Å². The van der Waals surface area contributed by atoms with Crippen LogP contribution in [0.25, 0.3) is 0 Å². The van der Waals surface area contributed by atoms with E-state index in [9.17, 15) is 31.2 Å². The molecule has 0 unspecified atom stereocenters. The van der Waals surface area contributed by atoms with Crippen LogP contribution in [0.5, 0.6) is 0 Å². The second-order valence-electron chi connectivity index (χ2n) is 1.53. The van der Waals surface area contributed by atoms with E-state index in [0.717, 1.165) is 0 Å². The largest absolute Gasteiger partial charge is 1.00 e. The molecule has 14 heavy (non-hydrogen) atoms. The number of halogens is 5. The third kappa shape index (κ3) is 22.5.